The van der Waals surface area contributed by atoms with Gasteiger partial charge in [-0.1, -0.05) is 24.3 Å². The number of ether oxygens (including phenoxy) is 1. The number of halogens is 5. The fourth-order valence-corrected chi connectivity index (χ4v) is 2.17. The fraction of sp³-hybridized carbons (Fsp3) is 0.188. The number of aromatic nitrogens is 1. The van der Waals surface area contributed by atoms with Crippen LogP contribution in [0.5, 0.6) is 5.75 Å². The summed E-state index contributed by atoms with van der Waals surface area (Å²) in [7, 11) is 0. The lowest BCUT2D eigenvalue weighted by Gasteiger charge is -2.13. The Balaban J connectivity index is 1.78. The van der Waals surface area contributed by atoms with E-state index in [2.05, 4.69) is 9.72 Å². The average Bonchev–Trinajstić information content (AvgIpc) is 2.92. The normalized spacial score (nSPS) is 12.5. The van der Waals surface area contributed by atoms with Crippen LogP contribution in [0.4, 0.5) is 22.0 Å². The fourth-order valence-electron chi connectivity index (χ4n) is 2.17. The molecule has 24 heavy (non-hydrogen) atoms. The summed E-state index contributed by atoms with van der Waals surface area (Å²) in [5.74, 6) is -4.61. The average molecular weight is 343 g/mol. The van der Waals surface area contributed by atoms with E-state index in [4.69, 9.17) is 4.42 Å². The predicted octanol–water partition coefficient (Wildman–Crippen LogP) is 5.06. The maximum Gasteiger partial charge on any atom is 0.573 e. The highest BCUT2D eigenvalue weighted by atomic mass is 19.4. The first-order valence-electron chi connectivity index (χ1n) is 6.81. The number of para-hydroxylation sites is 2. The van der Waals surface area contributed by atoms with Crippen molar-refractivity contribution in [3.05, 3.63) is 60.0 Å². The SMILES string of the molecule is FC(F)(F)Oc1ccc(CC(F)(F)c2nc3ccccc3o2)cc1. The Morgan fingerprint density at radius 1 is 0.917 bits per heavy atom. The van der Waals surface area contributed by atoms with E-state index >= 15 is 0 Å². The topological polar surface area (TPSA) is 35.3 Å². The van der Waals surface area contributed by atoms with E-state index < -0.39 is 30.3 Å². The second-order valence-corrected chi connectivity index (χ2v) is 5.06. The summed E-state index contributed by atoms with van der Waals surface area (Å²) < 4.78 is 73.5. The van der Waals surface area contributed by atoms with E-state index in [1.165, 1.54) is 6.07 Å². The van der Waals surface area contributed by atoms with Crippen LogP contribution >= 0.6 is 0 Å². The maximum absolute atomic E-state index is 14.3. The number of nitrogens with zero attached hydrogens (tertiary/aromatic N) is 1. The van der Waals surface area contributed by atoms with Gasteiger partial charge in [0.25, 0.3) is 5.89 Å². The number of alkyl halides is 5. The van der Waals surface area contributed by atoms with Crippen LogP contribution in [-0.2, 0) is 12.3 Å². The molecule has 1 heterocycles. The van der Waals surface area contributed by atoms with Crippen molar-refractivity contribution in [1.82, 2.24) is 4.98 Å². The van der Waals surface area contributed by atoms with Crippen molar-refractivity contribution in [2.24, 2.45) is 0 Å². The van der Waals surface area contributed by atoms with E-state index in [0.717, 1.165) is 24.3 Å². The monoisotopic (exact) mass is 343 g/mol. The summed E-state index contributed by atoms with van der Waals surface area (Å²) in [5.41, 5.74) is 0.666. The number of oxazole rings is 1. The van der Waals surface area contributed by atoms with Crippen LogP contribution < -0.4 is 4.74 Å². The van der Waals surface area contributed by atoms with Gasteiger partial charge < -0.3 is 9.15 Å². The molecule has 0 bridgehead atoms. The zero-order chi connectivity index (χ0) is 17.4. The van der Waals surface area contributed by atoms with Crippen LogP contribution in [0, 0.1) is 0 Å². The van der Waals surface area contributed by atoms with E-state index in [0.29, 0.717) is 5.52 Å². The molecule has 126 valence electrons. The minimum atomic E-state index is -4.83. The maximum atomic E-state index is 14.3. The molecular formula is C16H10F5NO2. The molecule has 0 saturated heterocycles. The molecule has 2 aromatic carbocycles. The number of benzene rings is 2. The van der Waals surface area contributed by atoms with Crippen molar-refractivity contribution in [1.29, 1.82) is 0 Å². The van der Waals surface area contributed by atoms with Crippen LogP contribution in [0.25, 0.3) is 11.1 Å². The predicted molar refractivity (Wildman–Crippen MR) is 74.7 cm³/mol. The quantitative estimate of drug-likeness (QED) is 0.621. The number of rotatable bonds is 4. The van der Waals surface area contributed by atoms with Crippen molar-refractivity contribution < 1.29 is 31.1 Å². The van der Waals surface area contributed by atoms with Gasteiger partial charge in [0.05, 0.1) is 0 Å². The third-order valence-electron chi connectivity index (χ3n) is 3.19. The van der Waals surface area contributed by atoms with Gasteiger partial charge in [-0.25, -0.2) is 4.98 Å². The number of hydrogen-bond acceptors (Lipinski definition) is 3. The molecule has 0 radical (unpaired) electrons. The Hall–Kier alpha value is -2.64. The Morgan fingerprint density at radius 3 is 2.21 bits per heavy atom. The molecule has 0 atom stereocenters. The first-order chi connectivity index (χ1) is 11.2. The van der Waals surface area contributed by atoms with E-state index in [1.54, 1.807) is 18.2 Å². The lowest BCUT2D eigenvalue weighted by molar-refractivity contribution is -0.274. The van der Waals surface area contributed by atoms with Crippen LogP contribution in [0.3, 0.4) is 0 Å². The molecule has 3 nitrogen and oxygen atoms in total. The zero-order valence-electron chi connectivity index (χ0n) is 12.0. The lowest BCUT2D eigenvalue weighted by atomic mass is 10.1. The van der Waals surface area contributed by atoms with Crippen LogP contribution in [0.15, 0.2) is 52.9 Å². The highest BCUT2D eigenvalue weighted by molar-refractivity contribution is 5.72. The molecular weight excluding hydrogens is 333 g/mol. The summed E-state index contributed by atoms with van der Waals surface area (Å²) in [4.78, 5) is 3.76. The van der Waals surface area contributed by atoms with Crippen molar-refractivity contribution in [2.45, 2.75) is 18.7 Å². The second kappa shape index (κ2) is 5.77. The van der Waals surface area contributed by atoms with Crippen LogP contribution in [0.2, 0.25) is 0 Å². The molecule has 8 heteroatoms. The third-order valence-corrected chi connectivity index (χ3v) is 3.19. The van der Waals surface area contributed by atoms with Crippen LogP contribution in [0.1, 0.15) is 11.5 Å². The van der Waals surface area contributed by atoms with E-state index in [1.807, 2.05) is 0 Å². The highest BCUT2D eigenvalue weighted by Crippen LogP contribution is 2.34. The summed E-state index contributed by atoms with van der Waals surface area (Å²) in [5, 5.41) is 0. The largest absolute Gasteiger partial charge is 0.573 e. The molecule has 0 aliphatic rings. The van der Waals surface area contributed by atoms with Crippen molar-refractivity contribution in [3.63, 3.8) is 0 Å². The van der Waals surface area contributed by atoms with Gasteiger partial charge in [0.1, 0.15) is 11.3 Å². The second-order valence-electron chi connectivity index (χ2n) is 5.06. The van der Waals surface area contributed by atoms with Crippen molar-refractivity contribution in [2.75, 3.05) is 0 Å². The molecule has 0 N–H and O–H groups in total. The molecule has 1 aromatic heterocycles. The van der Waals surface area contributed by atoms with Gasteiger partial charge in [0.15, 0.2) is 5.58 Å². The Labute approximate surface area is 132 Å². The molecule has 3 aromatic rings. The van der Waals surface area contributed by atoms with Gasteiger partial charge in [-0.2, -0.15) is 8.78 Å². The smallest absolute Gasteiger partial charge is 0.435 e. The number of hydrogen-bond donors (Lipinski definition) is 0. The molecule has 0 fully saturated rings. The number of fused-ring (bicyclic) bond motifs is 1. The minimum absolute atomic E-state index is 0.122. The minimum Gasteiger partial charge on any atom is -0.435 e. The highest BCUT2D eigenvalue weighted by Gasteiger charge is 2.38. The van der Waals surface area contributed by atoms with Gasteiger partial charge in [0, 0.05) is 6.42 Å². The Kier molecular flexibility index (Phi) is 3.90. The summed E-state index contributed by atoms with van der Waals surface area (Å²) >= 11 is 0. The Bertz CT molecular complexity index is 807. The molecule has 0 aliphatic heterocycles. The zero-order valence-corrected chi connectivity index (χ0v) is 12.0. The van der Waals surface area contributed by atoms with E-state index in [9.17, 15) is 22.0 Å². The van der Waals surface area contributed by atoms with Gasteiger partial charge >= 0.3 is 12.3 Å². The molecule has 0 spiro atoms. The summed E-state index contributed by atoms with van der Waals surface area (Å²) in [6.45, 7) is 0. The molecule has 0 amide bonds. The lowest BCUT2D eigenvalue weighted by Crippen LogP contribution is -2.18. The summed E-state index contributed by atoms with van der Waals surface area (Å²) in [6.07, 6.45) is -5.59. The standard InChI is InChI=1S/C16H10F5NO2/c17-15(18,14-22-12-3-1-2-4-13(12)23-14)9-10-5-7-11(8-6-10)24-16(19,20)21/h1-8H,9H2. The molecule has 0 saturated carbocycles. The van der Waals surface area contributed by atoms with Gasteiger partial charge in [-0.3, -0.25) is 0 Å². The third kappa shape index (κ3) is 3.64. The molecule has 0 aliphatic carbocycles. The van der Waals surface area contributed by atoms with Crippen molar-refractivity contribution >= 4 is 11.1 Å². The molecule has 3 rings (SSSR count). The first-order valence-corrected chi connectivity index (χ1v) is 6.81. The van der Waals surface area contributed by atoms with Gasteiger partial charge in [-0.05, 0) is 29.8 Å². The van der Waals surface area contributed by atoms with E-state index in [-0.39, 0.29) is 11.1 Å². The van der Waals surface area contributed by atoms with Crippen LogP contribution in [-0.4, -0.2) is 11.3 Å². The molecule has 0 unspecified atom stereocenters. The summed E-state index contributed by atoms with van der Waals surface area (Å²) in [6, 6.07) is 10.6. The first kappa shape index (κ1) is 16.2. The van der Waals surface area contributed by atoms with Gasteiger partial charge in [-0.15, -0.1) is 13.2 Å². The van der Waals surface area contributed by atoms with Crippen molar-refractivity contribution in [3.8, 4) is 5.75 Å². The Morgan fingerprint density at radius 2 is 1.58 bits per heavy atom. The van der Waals surface area contributed by atoms with Gasteiger partial charge in [0.2, 0.25) is 0 Å².